The van der Waals surface area contributed by atoms with Gasteiger partial charge in [-0.3, -0.25) is 0 Å². The smallest absolute Gasteiger partial charge is 0.166 e. The third-order valence-corrected chi connectivity index (χ3v) is 1.36. The van der Waals surface area contributed by atoms with Gasteiger partial charge in [0.2, 0.25) is 0 Å². The molecule has 0 aliphatic rings. The van der Waals surface area contributed by atoms with Crippen molar-refractivity contribution < 1.29 is 13.2 Å². The van der Waals surface area contributed by atoms with Crippen molar-refractivity contribution in [1.29, 1.82) is 0 Å². The molecule has 0 atom stereocenters. The molecule has 0 aromatic heterocycles. The molecule has 0 saturated heterocycles. The van der Waals surface area contributed by atoms with Gasteiger partial charge in [0.1, 0.15) is 0 Å². The van der Waals surface area contributed by atoms with Crippen LogP contribution in [0.1, 0.15) is 27.2 Å². The first-order valence-corrected chi connectivity index (χ1v) is 4.29. The minimum Gasteiger partial charge on any atom is -0.166 e. The molecule has 0 rings (SSSR count). The third-order valence-electron chi connectivity index (χ3n) is 1.36. The van der Waals surface area contributed by atoms with Crippen molar-refractivity contribution in [3.8, 4) is 0 Å². The summed E-state index contributed by atoms with van der Waals surface area (Å²) in [5, 5.41) is 0. The fraction of sp³-hybridized carbons (Fsp3) is 0.455. The van der Waals surface area contributed by atoms with E-state index in [9.17, 15) is 13.2 Å². The second-order valence-corrected chi connectivity index (χ2v) is 2.79. The van der Waals surface area contributed by atoms with Crippen molar-refractivity contribution in [1.82, 2.24) is 0 Å². The van der Waals surface area contributed by atoms with Crippen molar-refractivity contribution in [2.75, 3.05) is 0 Å². The van der Waals surface area contributed by atoms with Crippen LogP contribution in [-0.4, -0.2) is 6.18 Å². The Morgan fingerprint density at radius 2 is 1.57 bits per heavy atom. The number of alkyl halides is 3. The van der Waals surface area contributed by atoms with E-state index in [0.717, 1.165) is 11.6 Å². The number of halogens is 3. The number of allylic oxidation sites excluding steroid dienone is 4. The number of hydrogen-bond donors (Lipinski definition) is 0. The Hall–Kier alpha value is -0.990. The highest BCUT2D eigenvalue weighted by Crippen LogP contribution is 2.27. The monoisotopic (exact) mass is 206 g/mol. The van der Waals surface area contributed by atoms with Gasteiger partial charge in [-0.05, 0) is 20.3 Å². The molecule has 0 aromatic carbocycles. The molecule has 0 aliphatic carbocycles. The zero-order chi connectivity index (χ0) is 11.8. The van der Waals surface area contributed by atoms with Crippen molar-refractivity contribution in [2.24, 2.45) is 0 Å². The molecule has 0 aromatic rings. The van der Waals surface area contributed by atoms with E-state index in [-0.39, 0.29) is 6.42 Å². The van der Waals surface area contributed by atoms with Gasteiger partial charge in [-0.2, -0.15) is 13.2 Å². The zero-order valence-electron chi connectivity index (χ0n) is 8.91. The van der Waals surface area contributed by atoms with Crippen LogP contribution in [-0.2, 0) is 0 Å². The highest BCUT2D eigenvalue weighted by Gasteiger charge is 2.31. The van der Waals surface area contributed by atoms with E-state index in [0.29, 0.717) is 0 Å². The molecule has 0 unspecified atom stereocenters. The minimum atomic E-state index is -4.18. The van der Waals surface area contributed by atoms with Crippen LogP contribution in [0.4, 0.5) is 13.2 Å². The van der Waals surface area contributed by atoms with Crippen molar-refractivity contribution in [2.45, 2.75) is 33.4 Å². The van der Waals surface area contributed by atoms with Gasteiger partial charge in [-0.15, -0.1) is 13.2 Å². The van der Waals surface area contributed by atoms with Gasteiger partial charge in [0.05, 0.1) is 0 Å². The normalized spacial score (nSPS) is 11.4. The molecular weight excluding hydrogens is 189 g/mol. The third kappa shape index (κ3) is 7.65. The van der Waals surface area contributed by atoms with Crippen molar-refractivity contribution in [3.63, 3.8) is 0 Å². The summed E-state index contributed by atoms with van der Waals surface area (Å²) in [5.74, 6) is 0. The van der Waals surface area contributed by atoms with E-state index in [1.54, 1.807) is 13.8 Å². The highest BCUT2D eigenvalue weighted by molar-refractivity contribution is 5.18. The molecule has 0 saturated carbocycles. The summed E-state index contributed by atoms with van der Waals surface area (Å²) in [4.78, 5) is 0. The molecule has 14 heavy (non-hydrogen) atoms. The van der Waals surface area contributed by atoms with E-state index in [1.807, 2.05) is 0 Å². The second kappa shape index (κ2) is 7.42. The van der Waals surface area contributed by atoms with E-state index >= 15 is 0 Å². The van der Waals surface area contributed by atoms with Crippen LogP contribution in [0.15, 0.2) is 36.5 Å². The molecule has 0 nitrogen and oxygen atoms in total. The Morgan fingerprint density at radius 1 is 1.14 bits per heavy atom. The van der Waals surface area contributed by atoms with E-state index in [4.69, 9.17) is 0 Å². The summed E-state index contributed by atoms with van der Waals surface area (Å²) in [6.07, 6.45) is -1.55. The summed E-state index contributed by atoms with van der Waals surface area (Å²) in [5.41, 5.74) is 0.383. The second-order valence-electron chi connectivity index (χ2n) is 2.79. The van der Waals surface area contributed by atoms with Crippen molar-refractivity contribution in [3.05, 3.63) is 36.5 Å². The van der Waals surface area contributed by atoms with E-state index in [2.05, 4.69) is 13.2 Å². The molecule has 3 heteroatoms. The molecular formula is C11H17F3. The molecule has 0 fully saturated rings. The number of hydrogen-bond acceptors (Lipinski definition) is 0. The maximum absolute atomic E-state index is 12.1. The fourth-order valence-electron chi connectivity index (χ4n) is 0.680. The van der Waals surface area contributed by atoms with Gasteiger partial charge < -0.3 is 0 Å². The first-order chi connectivity index (χ1) is 6.38. The Balaban J connectivity index is 0. The summed E-state index contributed by atoms with van der Waals surface area (Å²) in [6.45, 7) is 11.0. The van der Waals surface area contributed by atoms with Crippen LogP contribution in [0.25, 0.3) is 0 Å². The van der Waals surface area contributed by atoms with E-state index in [1.165, 1.54) is 13.0 Å². The van der Waals surface area contributed by atoms with Gasteiger partial charge in [0.15, 0.2) is 0 Å². The predicted octanol–water partition coefficient (Wildman–Crippen LogP) is 4.65. The maximum Gasteiger partial charge on any atom is 0.412 e. The lowest BCUT2D eigenvalue weighted by molar-refractivity contribution is -0.0935. The van der Waals surface area contributed by atoms with Crippen LogP contribution in [0, 0.1) is 0 Å². The molecule has 0 radical (unpaired) electrons. The first-order valence-electron chi connectivity index (χ1n) is 4.29. The van der Waals surface area contributed by atoms with Crippen LogP contribution >= 0.6 is 0 Å². The fourth-order valence-corrected chi connectivity index (χ4v) is 0.680. The van der Waals surface area contributed by atoms with Gasteiger partial charge in [-0.25, -0.2) is 0 Å². The summed E-state index contributed by atoms with van der Waals surface area (Å²) >= 11 is 0. The summed E-state index contributed by atoms with van der Waals surface area (Å²) in [6, 6.07) is 0. The maximum atomic E-state index is 12.1. The minimum absolute atomic E-state index is 0.0211. The Morgan fingerprint density at radius 3 is 1.79 bits per heavy atom. The molecule has 0 amide bonds. The van der Waals surface area contributed by atoms with Gasteiger partial charge in [0, 0.05) is 5.57 Å². The van der Waals surface area contributed by atoms with Gasteiger partial charge in [0.25, 0.3) is 0 Å². The topological polar surface area (TPSA) is 0 Å². The Labute approximate surface area is 83.8 Å². The van der Waals surface area contributed by atoms with E-state index < -0.39 is 11.7 Å². The Kier molecular flexibility index (Phi) is 8.20. The average molecular weight is 206 g/mol. The molecule has 0 N–H and O–H groups in total. The number of rotatable bonds is 2. The zero-order valence-corrected chi connectivity index (χ0v) is 8.91. The summed E-state index contributed by atoms with van der Waals surface area (Å²) in [7, 11) is 0. The Bertz CT molecular complexity index is 205. The van der Waals surface area contributed by atoms with Crippen LogP contribution in [0.2, 0.25) is 0 Å². The van der Waals surface area contributed by atoms with Crippen LogP contribution in [0.3, 0.4) is 0 Å². The SMILES string of the molecule is C=C.CC/C(=C\C=C(C)C)C(F)(F)F. The first kappa shape index (κ1) is 15.5. The lowest BCUT2D eigenvalue weighted by Gasteiger charge is -2.07. The molecule has 0 aliphatic heterocycles. The lowest BCUT2D eigenvalue weighted by Crippen LogP contribution is -2.10. The summed E-state index contributed by atoms with van der Waals surface area (Å²) < 4.78 is 36.2. The molecule has 0 bridgehead atoms. The lowest BCUT2D eigenvalue weighted by atomic mass is 10.1. The molecule has 82 valence electrons. The molecule has 0 heterocycles. The van der Waals surface area contributed by atoms with Gasteiger partial charge in [-0.1, -0.05) is 24.6 Å². The quantitative estimate of drug-likeness (QED) is 0.455. The van der Waals surface area contributed by atoms with Crippen LogP contribution < -0.4 is 0 Å². The predicted molar refractivity (Wildman–Crippen MR) is 55.1 cm³/mol. The van der Waals surface area contributed by atoms with Gasteiger partial charge >= 0.3 is 6.18 Å². The standard InChI is InChI=1S/C9H13F3.C2H4/c1-4-8(9(10,11)12)6-5-7(2)3;1-2/h5-6H,4H2,1-3H3;1-2H2/b8-6+;. The average Bonchev–Trinajstić information content (AvgIpc) is 2.06. The largest absolute Gasteiger partial charge is 0.412 e. The molecule has 0 spiro atoms. The van der Waals surface area contributed by atoms with Crippen molar-refractivity contribution >= 4 is 0 Å². The highest BCUT2D eigenvalue weighted by atomic mass is 19.4. The van der Waals surface area contributed by atoms with Crippen LogP contribution in [0.5, 0.6) is 0 Å².